The molecule has 5 nitrogen and oxygen atoms in total. The van der Waals surface area contributed by atoms with Crippen LogP contribution in [0.5, 0.6) is 0 Å². The summed E-state index contributed by atoms with van der Waals surface area (Å²) in [6.45, 7) is 5.70. The van der Waals surface area contributed by atoms with E-state index in [9.17, 15) is 4.79 Å². The fraction of sp³-hybridized carbons (Fsp3) is 0.938. The minimum Gasteiger partial charge on any atom is -0.395 e. The molecule has 0 bridgehead atoms. The van der Waals surface area contributed by atoms with E-state index < -0.39 is 0 Å². The molecule has 2 aliphatic heterocycles. The number of amides is 2. The Labute approximate surface area is 128 Å². The lowest BCUT2D eigenvalue weighted by atomic mass is 9.99. The highest BCUT2D eigenvalue weighted by molar-refractivity contribution is 5.74. The van der Waals surface area contributed by atoms with Gasteiger partial charge < -0.3 is 15.3 Å². The third-order valence-electron chi connectivity index (χ3n) is 4.85. The molecule has 2 saturated heterocycles. The van der Waals surface area contributed by atoms with E-state index in [1.807, 2.05) is 0 Å². The van der Waals surface area contributed by atoms with Crippen molar-refractivity contribution in [2.75, 3.05) is 32.8 Å². The molecule has 0 aromatic carbocycles. The van der Waals surface area contributed by atoms with Crippen LogP contribution >= 0.6 is 0 Å². The van der Waals surface area contributed by atoms with Crippen LogP contribution in [-0.2, 0) is 0 Å². The SMILES string of the molecule is CCCCCN(CCO)C(=O)NC1CCN2CCCCC12. The largest absolute Gasteiger partial charge is 0.395 e. The molecule has 2 aliphatic rings. The number of urea groups is 1. The molecular formula is C16H31N3O2. The average Bonchev–Trinajstić information content (AvgIpc) is 2.90. The van der Waals surface area contributed by atoms with Crippen LogP contribution in [0.2, 0.25) is 0 Å². The molecule has 0 aliphatic carbocycles. The Balaban J connectivity index is 1.82. The number of fused-ring (bicyclic) bond motifs is 1. The second kappa shape index (κ2) is 8.59. The zero-order valence-corrected chi connectivity index (χ0v) is 13.4. The summed E-state index contributed by atoms with van der Waals surface area (Å²) in [5.41, 5.74) is 0. The predicted molar refractivity (Wildman–Crippen MR) is 84.3 cm³/mol. The maximum atomic E-state index is 12.4. The number of aliphatic hydroxyl groups is 1. The summed E-state index contributed by atoms with van der Waals surface area (Å²) in [5.74, 6) is 0. The van der Waals surface area contributed by atoms with Gasteiger partial charge in [-0.2, -0.15) is 0 Å². The van der Waals surface area contributed by atoms with Crippen LogP contribution < -0.4 is 5.32 Å². The first-order chi connectivity index (χ1) is 10.3. The molecule has 0 aromatic rings. The van der Waals surface area contributed by atoms with Gasteiger partial charge >= 0.3 is 6.03 Å². The highest BCUT2D eigenvalue weighted by Gasteiger charge is 2.36. The second-order valence-corrected chi connectivity index (χ2v) is 6.36. The first-order valence-electron chi connectivity index (χ1n) is 8.66. The maximum absolute atomic E-state index is 12.4. The van der Waals surface area contributed by atoms with Gasteiger partial charge in [0.05, 0.1) is 6.61 Å². The number of hydrogen-bond donors (Lipinski definition) is 2. The van der Waals surface area contributed by atoms with Gasteiger partial charge in [0.15, 0.2) is 0 Å². The van der Waals surface area contributed by atoms with Crippen molar-refractivity contribution in [3.8, 4) is 0 Å². The van der Waals surface area contributed by atoms with Crippen LogP contribution in [0, 0.1) is 0 Å². The summed E-state index contributed by atoms with van der Waals surface area (Å²) < 4.78 is 0. The summed E-state index contributed by atoms with van der Waals surface area (Å²) in [4.78, 5) is 16.8. The van der Waals surface area contributed by atoms with Crippen molar-refractivity contribution in [1.29, 1.82) is 0 Å². The molecule has 21 heavy (non-hydrogen) atoms. The first kappa shape index (κ1) is 16.6. The summed E-state index contributed by atoms with van der Waals surface area (Å²) >= 11 is 0. The normalized spacial score (nSPS) is 25.6. The maximum Gasteiger partial charge on any atom is 0.317 e. The van der Waals surface area contributed by atoms with Crippen LogP contribution in [0.3, 0.4) is 0 Å². The van der Waals surface area contributed by atoms with E-state index >= 15 is 0 Å². The second-order valence-electron chi connectivity index (χ2n) is 6.36. The van der Waals surface area contributed by atoms with Crippen LogP contribution in [0.15, 0.2) is 0 Å². The number of rotatable bonds is 7. The Hall–Kier alpha value is -0.810. The zero-order chi connectivity index (χ0) is 15.1. The van der Waals surface area contributed by atoms with E-state index in [2.05, 4.69) is 17.1 Å². The van der Waals surface area contributed by atoms with Crippen molar-refractivity contribution in [3.05, 3.63) is 0 Å². The molecule has 2 atom stereocenters. The standard InChI is InChI=1S/C16H31N3O2/c1-2-3-5-10-19(12-13-20)16(21)17-14-8-11-18-9-6-4-7-15(14)18/h14-15,20H,2-13H2,1H3,(H,17,21). The van der Waals surface area contributed by atoms with E-state index in [4.69, 9.17) is 5.11 Å². The van der Waals surface area contributed by atoms with Gasteiger partial charge in [-0.15, -0.1) is 0 Å². The van der Waals surface area contributed by atoms with Crippen molar-refractivity contribution in [2.24, 2.45) is 0 Å². The van der Waals surface area contributed by atoms with Crippen molar-refractivity contribution in [2.45, 2.75) is 64.0 Å². The van der Waals surface area contributed by atoms with Gasteiger partial charge in [0.25, 0.3) is 0 Å². The zero-order valence-electron chi connectivity index (χ0n) is 13.4. The van der Waals surface area contributed by atoms with Gasteiger partial charge in [-0.3, -0.25) is 4.90 Å². The lowest BCUT2D eigenvalue weighted by Gasteiger charge is -2.33. The number of unbranched alkanes of at least 4 members (excludes halogenated alkanes) is 2. The predicted octanol–water partition coefficient (Wildman–Crippen LogP) is 1.81. The molecule has 0 spiro atoms. The van der Waals surface area contributed by atoms with Gasteiger partial charge in [0.1, 0.15) is 0 Å². The number of aliphatic hydroxyl groups excluding tert-OH is 1. The number of hydrogen-bond acceptors (Lipinski definition) is 3. The molecule has 2 unspecified atom stereocenters. The summed E-state index contributed by atoms with van der Waals surface area (Å²) in [7, 11) is 0. The number of carbonyl (C=O) groups excluding carboxylic acids is 1. The van der Waals surface area contributed by atoms with E-state index in [1.54, 1.807) is 4.90 Å². The molecule has 0 radical (unpaired) electrons. The summed E-state index contributed by atoms with van der Waals surface area (Å²) in [6.07, 6.45) is 8.15. The van der Waals surface area contributed by atoms with E-state index in [0.717, 1.165) is 38.8 Å². The highest BCUT2D eigenvalue weighted by Crippen LogP contribution is 2.27. The topological polar surface area (TPSA) is 55.8 Å². The first-order valence-corrected chi connectivity index (χ1v) is 8.66. The molecule has 2 amide bonds. The van der Waals surface area contributed by atoms with Crippen LogP contribution in [0.25, 0.3) is 0 Å². The Morgan fingerprint density at radius 3 is 2.86 bits per heavy atom. The summed E-state index contributed by atoms with van der Waals surface area (Å²) in [5, 5.41) is 12.4. The van der Waals surface area contributed by atoms with Crippen molar-refractivity contribution in [1.82, 2.24) is 15.1 Å². The minimum atomic E-state index is 0.0116. The number of nitrogens with one attached hydrogen (secondary N) is 1. The third kappa shape index (κ3) is 4.58. The van der Waals surface area contributed by atoms with Crippen molar-refractivity contribution >= 4 is 6.03 Å². The van der Waals surface area contributed by atoms with Crippen LogP contribution in [0.4, 0.5) is 4.79 Å². The van der Waals surface area contributed by atoms with E-state index in [0.29, 0.717) is 18.6 Å². The summed E-state index contributed by atoms with van der Waals surface area (Å²) in [6, 6.07) is 0.845. The Kier molecular flexibility index (Phi) is 6.77. The van der Waals surface area contributed by atoms with Gasteiger partial charge in [-0.05, 0) is 32.2 Å². The van der Waals surface area contributed by atoms with Crippen molar-refractivity contribution < 1.29 is 9.90 Å². The Bertz CT molecular complexity index is 325. The number of carbonyl (C=O) groups is 1. The van der Waals surface area contributed by atoms with Crippen LogP contribution in [-0.4, -0.2) is 65.8 Å². The molecule has 0 saturated carbocycles. The molecule has 0 aromatic heterocycles. The average molecular weight is 297 g/mol. The van der Waals surface area contributed by atoms with Gasteiger partial charge in [0, 0.05) is 31.7 Å². The fourth-order valence-corrected chi connectivity index (χ4v) is 3.65. The highest BCUT2D eigenvalue weighted by atomic mass is 16.3. The molecule has 2 fully saturated rings. The minimum absolute atomic E-state index is 0.0116. The molecule has 2 rings (SSSR count). The van der Waals surface area contributed by atoms with E-state index in [-0.39, 0.29) is 12.6 Å². The van der Waals surface area contributed by atoms with E-state index in [1.165, 1.54) is 25.8 Å². The molecule has 2 heterocycles. The quantitative estimate of drug-likeness (QED) is 0.705. The number of piperidine rings is 1. The van der Waals surface area contributed by atoms with Gasteiger partial charge in [-0.1, -0.05) is 26.2 Å². The van der Waals surface area contributed by atoms with Crippen LogP contribution in [0.1, 0.15) is 51.9 Å². The Morgan fingerprint density at radius 2 is 2.10 bits per heavy atom. The Morgan fingerprint density at radius 1 is 1.24 bits per heavy atom. The molecule has 5 heteroatoms. The number of nitrogens with zero attached hydrogens (tertiary/aromatic N) is 2. The lowest BCUT2D eigenvalue weighted by molar-refractivity contribution is 0.158. The monoisotopic (exact) mass is 297 g/mol. The fourth-order valence-electron chi connectivity index (χ4n) is 3.65. The molecule has 2 N–H and O–H groups in total. The third-order valence-corrected chi connectivity index (χ3v) is 4.85. The molecule has 122 valence electrons. The van der Waals surface area contributed by atoms with Crippen molar-refractivity contribution in [3.63, 3.8) is 0 Å². The lowest BCUT2D eigenvalue weighted by Crippen LogP contribution is -2.51. The van der Waals surface area contributed by atoms with Gasteiger partial charge in [0.2, 0.25) is 0 Å². The molecular weight excluding hydrogens is 266 g/mol. The smallest absolute Gasteiger partial charge is 0.317 e. The van der Waals surface area contributed by atoms with Gasteiger partial charge in [-0.25, -0.2) is 4.79 Å².